The molecule has 5 heteroatoms. The van der Waals surface area contributed by atoms with Crippen LogP contribution in [0.4, 0.5) is 0 Å². The first-order valence-corrected chi connectivity index (χ1v) is 6.28. The van der Waals surface area contributed by atoms with E-state index in [1.165, 1.54) is 0 Å². The molecule has 1 aliphatic heterocycles. The second-order valence-electron chi connectivity index (χ2n) is 4.17. The minimum absolute atomic E-state index is 0.118. The molecule has 0 bridgehead atoms. The summed E-state index contributed by atoms with van der Waals surface area (Å²) in [5.41, 5.74) is 0.530. The molecule has 1 amide bonds. The second-order valence-corrected chi connectivity index (χ2v) is 4.17. The number of carbonyl (C=O) groups excluding carboxylic acids is 1. The smallest absolute Gasteiger partial charge is 0.257 e. The van der Waals surface area contributed by atoms with Gasteiger partial charge in [-0.1, -0.05) is 12.1 Å². The fourth-order valence-electron chi connectivity index (χ4n) is 2.01. The number of morpholine rings is 1. The van der Waals surface area contributed by atoms with E-state index in [1.54, 1.807) is 23.1 Å². The zero-order valence-electron chi connectivity index (χ0n) is 10.8. The van der Waals surface area contributed by atoms with Crippen LogP contribution in [0.1, 0.15) is 17.3 Å². The van der Waals surface area contributed by atoms with Crippen LogP contribution in [0.3, 0.4) is 0 Å². The molecular formula is C14H16N2O3. The molecule has 0 aromatic heterocycles. The van der Waals surface area contributed by atoms with Gasteiger partial charge in [-0.15, -0.1) is 0 Å². The van der Waals surface area contributed by atoms with E-state index in [4.69, 9.17) is 14.7 Å². The molecule has 5 nitrogen and oxygen atoms in total. The molecule has 0 spiro atoms. The molecule has 100 valence electrons. The summed E-state index contributed by atoms with van der Waals surface area (Å²) >= 11 is 0. The molecule has 1 aromatic rings. The third-order valence-corrected chi connectivity index (χ3v) is 2.91. The third kappa shape index (κ3) is 3.04. The van der Waals surface area contributed by atoms with Crippen molar-refractivity contribution in [3.05, 3.63) is 29.8 Å². The van der Waals surface area contributed by atoms with E-state index in [9.17, 15) is 4.79 Å². The zero-order valence-corrected chi connectivity index (χ0v) is 10.8. The van der Waals surface area contributed by atoms with Gasteiger partial charge < -0.3 is 14.4 Å². The Bertz CT molecular complexity index is 496. The maximum absolute atomic E-state index is 12.4. The van der Waals surface area contributed by atoms with Crippen molar-refractivity contribution in [2.75, 3.05) is 26.3 Å². The zero-order chi connectivity index (χ0) is 13.7. The van der Waals surface area contributed by atoms with Crippen molar-refractivity contribution >= 4 is 5.91 Å². The highest BCUT2D eigenvalue weighted by Gasteiger charge is 2.26. The molecule has 0 N–H and O–H groups in total. The summed E-state index contributed by atoms with van der Waals surface area (Å²) in [7, 11) is 0. The van der Waals surface area contributed by atoms with Gasteiger partial charge in [0.25, 0.3) is 5.91 Å². The fourth-order valence-corrected chi connectivity index (χ4v) is 2.01. The van der Waals surface area contributed by atoms with Crippen molar-refractivity contribution in [1.29, 1.82) is 5.26 Å². The molecule has 0 saturated carbocycles. The Morgan fingerprint density at radius 1 is 1.58 bits per heavy atom. The lowest BCUT2D eigenvalue weighted by Crippen LogP contribution is -2.45. The summed E-state index contributed by atoms with van der Waals surface area (Å²) in [4.78, 5) is 14.1. The Labute approximate surface area is 112 Å². The highest BCUT2D eigenvalue weighted by Crippen LogP contribution is 2.21. The molecule has 1 fully saturated rings. The lowest BCUT2D eigenvalue weighted by molar-refractivity contribution is 0.00331. The van der Waals surface area contributed by atoms with E-state index >= 15 is 0 Å². The first kappa shape index (κ1) is 13.4. The average Bonchev–Trinajstić information content (AvgIpc) is 2.47. The van der Waals surface area contributed by atoms with Crippen molar-refractivity contribution in [2.24, 2.45) is 0 Å². The van der Waals surface area contributed by atoms with Gasteiger partial charge in [0.2, 0.25) is 0 Å². The number of hydrogen-bond donors (Lipinski definition) is 0. The number of rotatable bonds is 3. The van der Waals surface area contributed by atoms with Crippen LogP contribution in [0.2, 0.25) is 0 Å². The van der Waals surface area contributed by atoms with E-state index in [1.807, 2.05) is 19.1 Å². The van der Waals surface area contributed by atoms with Gasteiger partial charge in [-0.25, -0.2) is 0 Å². The summed E-state index contributed by atoms with van der Waals surface area (Å²) in [5, 5.41) is 8.86. The van der Waals surface area contributed by atoms with Crippen LogP contribution >= 0.6 is 0 Å². The molecule has 1 atom stereocenters. The molecule has 1 aliphatic rings. The Kier molecular flexibility index (Phi) is 4.37. The predicted octanol–water partition coefficient (Wildman–Crippen LogP) is 1.45. The number of ether oxygens (including phenoxy) is 2. The highest BCUT2D eigenvalue weighted by atomic mass is 16.5. The van der Waals surface area contributed by atoms with E-state index < -0.39 is 6.10 Å². The van der Waals surface area contributed by atoms with Gasteiger partial charge >= 0.3 is 0 Å². The van der Waals surface area contributed by atoms with E-state index in [-0.39, 0.29) is 5.91 Å². The van der Waals surface area contributed by atoms with Gasteiger partial charge in [0.1, 0.15) is 5.75 Å². The Morgan fingerprint density at radius 3 is 3.11 bits per heavy atom. The largest absolute Gasteiger partial charge is 0.493 e. The predicted molar refractivity (Wildman–Crippen MR) is 68.9 cm³/mol. The van der Waals surface area contributed by atoms with Gasteiger partial charge in [0, 0.05) is 6.54 Å². The lowest BCUT2D eigenvalue weighted by Gasteiger charge is -2.30. The molecule has 0 radical (unpaired) electrons. The molecular weight excluding hydrogens is 244 g/mol. The number of nitrogens with zero attached hydrogens (tertiary/aromatic N) is 2. The van der Waals surface area contributed by atoms with Gasteiger partial charge in [-0.05, 0) is 19.1 Å². The van der Waals surface area contributed by atoms with Crippen LogP contribution in [-0.4, -0.2) is 43.2 Å². The monoisotopic (exact) mass is 260 g/mol. The summed E-state index contributed by atoms with van der Waals surface area (Å²) in [6.45, 7) is 3.57. The van der Waals surface area contributed by atoms with E-state index in [0.717, 1.165) is 0 Å². The minimum atomic E-state index is -0.544. The third-order valence-electron chi connectivity index (χ3n) is 2.91. The van der Waals surface area contributed by atoms with Crippen molar-refractivity contribution in [3.63, 3.8) is 0 Å². The van der Waals surface area contributed by atoms with Gasteiger partial charge in [-0.2, -0.15) is 5.26 Å². The summed E-state index contributed by atoms with van der Waals surface area (Å²) in [6.07, 6.45) is -0.544. The quantitative estimate of drug-likeness (QED) is 0.825. The normalized spacial score (nSPS) is 18.7. The van der Waals surface area contributed by atoms with Crippen molar-refractivity contribution < 1.29 is 14.3 Å². The first-order valence-electron chi connectivity index (χ1n) is 6.28. The number of benzene rings is 1. The Balaban J connectivity index is 2.17. The maximum Gasteiger partial charge on any atom is 0.257 e. The van der Waals surface area contributed by atoms with Crippen LogP contribution in [0.15, 0.2) is 24.3 Å². The fraction of sp³-hybridized carbons (Fsp3) is 0.429. The molecule has 1 aromatic carbocycles. The number of hydrogen-bond acceptors (Lipinski definition) is 4. The summed E-state index contributed by atoms with van der Waals surface area (Å²) < 4.78 is 10.7. The van der Waals surface area contributed by atoms with Crippen molar-refractivity contribution in [1.82, 2.24) is 4.90 Å². The molecule has 0 aliphatic carbocycles. The Hall–Kier alpha value is -2.06. The molecule has 19 heavy (non-hydrogen) atoms. The number of amides is 1. The number of carbonyl (C=O) groups is 1. The van der Waals surface area contributed by atoms with E-state index in [2.05, 4.69) is 0 Å². The van der Waals surface area contributed by atoms with Gasteiger partial charge in [-0.3, -0.25) is 4.79 Å². The van der Waals surface area contributed by atoms with Crippen molar-refractivity contribution in [2.45, 2.75) is 13.0 Å². The van der Waals surface area contributed by atoms with Crippen LogP contribution in [-0.2, 0) is 4.74 Å². The maximum atomic E-state index is 12.4. The van der Waals surface area contributed by atoms with Crippen molar-refractivity contribution in [3.8, 4) is 11.8 Å². The van der Waals surface area contributed by atoms with E-state index in [0.29, 0.717) is 37.6 Å². The summed E-state index contributed by atoms with van der Waals surface area (Å²) in [5.74, 6) is 0.461. The standard InChI is InChI=1S/C14H16N2O3/c1-2-18-13-6-4-3-5-12(13)14(17)16-7-8-19-11(9-15)10-16/h3-6,11H,2,7-8,10H2,1H3. The van der Waals surface area contributed by atoms with Crippen LogP contribution in [0.5, 0.6) is 5.75 Å². The Morgan fingerprint density at radius 2 is 2.37 bits per heavy atom. The average molecular weight is 260 g/mol. The molecule has 2 rings (SSSR count). The van der Waals surface area contributed by atoms with Gasteiger partial charge in [0.15, 0.2) is 6.10 Å². The molecule has 1 saturated heterocycles. The number of nitriles is 1. The number of para-hydroxylation sites is 1. The molecule has 1 unspecified atom stereocenters. The van der Waals surface area contributed by atoms with Gasteiger partial charge in [0.05, 0.1) is 31.4 Å². The molecule has 1 heterocycles. The lowest BCUT2D eigenvalue weighted by atomic mass is 10.1. The minimum Gasteiger partial charge on any atom is -0.493 e. The SMILES string of the molecule is CCOc1ccccc1C(=O)N1CCOC(C#N)C1. The topological polar surface area (TPSA) is 62.6 Å². The first-order chi connectivity index (χ1) is 9.26. The van der Waals surface area contributed by atoms with Crippen LogP contribution in [0.25, 0.3) is 0 Å². The second kappa shape index (κ2) is 6.21. The summed E-state index contributed by atoms with van der Waals surface area (Å²) in [6, 6.07) is 9.19. The highest BCUT2D eigenvalue weighted by molar-refractivity contribution is 5.97. The van der Waals surface area contributed by atoms with Crippen LogP contribution in [0, 0.1) is 11.3 Å². The van der Waals surface area contributed by atoms with Crippen LogP contribution < -0.4 is 4.74 Å².